The number of carbonyl (C=O) groups excluding carboxylic acids is 2. The number of nitrogens with zero attached hydrogens (tertiary/aromatic N) is 1. The van der Waals surface area contributed by atoms with Crippen LogP contribution in [0.5, 0.6) is 0 Å². The highest BCUT2D eigenvalue weighted by Crippen LogP contribution is 2.34. The van der Waals surface area contributed by atoms with E-state index >= 15 is 0 Å². The van der Waals surface area contributed by atoms with Crippen LogP contribution in [0.15, 0.2) is 36.4 Å². The number of hydrogen-bond donors (Lipinski definition) is 1. The van der Waals surface area contributed by atoms with Crippen LogP contribution < -0.4 is 10.2 Å². The van der Waals surface area contributed by atoms with Gasteiger partial charge in [0, 0.05) is 0 Å². The lowest BCUT2D eigenvalue weighted by molar-refractivity contribution is -0.122. The smallest absolute Gasteiger partial charge is 0.341 e. The number of fused-ring (bicyclic) bond motifs is 1. The first kappa shape index (κ1) is 18.8. The number of carbonyl (C=O) groups is 2. The van der Waals surface area contributed by atoms with E-state index in [4.69, 9.17) is 4.74 Å². The van der Waals surface area contributed by atoms with Gasteiger partial charge < -0.3 is 15.0 Å². The third kappa shape index (κ3) is 3.47. The molecule has 142 valence electrons. The zero-order valence-corrected chi connectivity index (χ0v) is 14.7. The maximum Gasteiger partial charge on any atom is 0.341 e. The zero-order chi connectivity index (χ0) is 19.8. The molecule has 0 radical (unpaired) electrons. The minimum Gasteiger partial charge on any atom is -0.460 e. The summed E-state index contributed by atoms with van der Waals surface area (Å²) in [6.07, 6.45) is 0. The number of anilines is 2. The molecule has 0 unspecified atom stereocenters. The molecule has 1 heterocycles. The zero-order valence-electron chi connectivity index (χ0n) is 14.7. The molecule has 0 saturated heterocycles. The molecule has 8 heteroatoms. The average molecular weight is 378 g/mol. The Morgan fingerprint density at radius 3 is 2.56 bits per heavy atom. The second-order valence-electron chi connectivity index (χ2n) is 6.58. The maximum atomic E-state index is 13.7. The highest BCUT2D eigenvalue weighted by molar-refractivity contribution is 6.07. The summed E-state index contributed by atoms with van der Waals surface area (Å²) in [6, 6.07) is 8.60. The number of amides is 1. The number of benzene rings is 2. The van der Waals surface area contributed by atoms with Crippen LogP contribution in [0, 0.1) is 17.5 Å². The van der Waals surface area contributed by atoms with Crippen molar-refractivity contribution < 1.29 is 27.5 Å². The summed E-state index contributed by atoms with van der Waals surface area (Å²) < 4.78 is 44.8. The van der Waals surface area contributed by atoms with E-state index in [9.17, 15) is 22.8 Å². The largest absolute Gasteiger partial charge is 0.460 e. The van der Waals surface area contributed by atoms with Gasteiger partial charge in [0.1, 0.15) is 12.1 Å². The summed E-state index contributed by atoms with van der Waals surface area (Å²) >= 11 is 0. The minimum absolute atomic E-state index is 0.0258. The fourth-order valence-corrected chi connectivity index (χ4v) is 2.86. The molecule has 1 N–H and O–H groups in total. The van der Waals surface area contributed by atoms with Crippen LogP contribution in [0.25, 0.3) is 0 Å². The summed E-state index contributed by atoms with van der Waals surface area (Å²) in [5.74, 6) is -6.10. The molecule has 0 atom stereocenters. The Kier molecular flexibility index (Phi) is 4.82. The Morgan fingerprint density at radius 2 is 1.81 bits per heavy atom. The Hall–Kier alpha value is -3.03. The SMILES string of the molecule is CC1(C)Nc2ccccc2N(CCOC(=O)c2ccc(F)c(F)c2F)C1=O. The van der Waals surface area contributed by atoms with Gasteiger partial charge in [-0.05, 0) is 38.1 Å². The van der Waals surface area contributed by atoms with Gasteiger partial charge in [0.25, 0.3) is 5.91 Å². The summed E-state index contributed by atoms with van der Waals surface area (Å²) in [6.45, 7) is 3.23. The van der Waals surface area contributed by atoms with Crippen LogP contribution in [0.2, 0.25) is 0 Å². The fourth-order valence-electron chi connectivity index (χ4n) is 2.86. The van der Waals surface area contributed by atoms with Gasteiger partial charge in [0.15, 0.2) is 17.5 Å². The van der Waals surface area contributed by atoms with E-state index in [1.807, 2.05) is 12.1 Å². The first-order chi connectivity index (χ1) is 12.7. The number of hydrogen-bond acceptors (Lipinski definition) is 4. The number of para-hydroxylation sites is 2. The van der Waals surface area contributed by atoms with E-state index in [-0.39, 0.29) is 19.1 Å². The Balaban J connectivity index is 1.72. The monoisotopic (exact) mass is 378 g/mol. The molecule has 3 rings (SSSR count). The molecule has 0 aliphatic carbocycles. The van der Waals surface area contributed by atoms with Gasteiger partial charge in [-0.15, -0.1) is 0 Å². The lowest BCUT2D eigenvalue weighted by Gasteiger charge is -2.39. The van der Waals surface area contributed by atoms with E-state index < -0.39 is 34.5 Å². The molecule has 0 spiro atoms. The molecule has 0 saturated carbocycles. The molecule has 1 aliphatic rings. The molecule has 1 amide bonds. The van der Waals surface area contributed by atoms with Crippen LogP contribution in [-0.2, 0) is 9.53 Å². The van der Waals surface area contributed by atoms with Crippen molar-refractivity contribution >= 4 is 23.3 Å². The maximum absolute atomic E-state index is 13.7. The molecule has 0 aromatic heterocycles. The molecule has 2 aromatic rings. The molecule has 0 fully saturated rings. The van der Waals surface area contributed by atoms with Gasteiger partial charge in [0.05, 0.1) is 23.5 Å². The summed E-state index contributed by atoms with van der Waals surface area (Å²) in [5, 5.41) is 3.13. The van der Waals surface area contributed by atoms with Crippen LogP contribution >= 0.6 is 0 Å². The quantitative estimate of drug-likeness (QED) is 0.654. The number of ether oxygens (including phenoxy) is 1. The molecule has 5 nitrogen and oxygen atoms in total. The van der Waals surface area contributed by atoms with Gasteiger partial charge in [-0.1, -0.05) is 12.1 Å². The average Bonchev–Trinajstić information content (AvgIpc) is 2.62. The number of nitrogens with one attached hydrogen (secondary N) is 1. The summed E-state index contributed by atoms with van der Waals surface area (Å²) in [7, 11) is 0. The Morgan fingerprint density at radius 1 is 1.11 bits per heavy atom. The second-order valence-corrected chi connectivity index (χ2v) is 6.58. The second kappa shape index (κ2) is 6.94. The topological polar surface area (TPSA) is 58.6 Å². The van der Waals surface area contributed by atoms with Crippen molar-refractivity contribution in [1.29, 1.82) is 0 Å². The molecule has 27 heavy (non-hydrogen) atoms. The van der Waals surface area contributed by atoms with E-state index in [2.05, 4.69) is 5.32 Å². The van der Waals surface area contributed by atoms with Crippen molar-refractivity contribution in [2.75, 3.05) is 23.4 Å². The van der Waals surface area contributed by atoms with Gasteiger partial charge in [-0.3, -0.25) is 4.79 Å². The summed E-state index contributed by atoms with van der Waals surface area (Å²) in [5.41, 5.74) is -0.192. The molecular formula is C19H17F3N2O3. The normalized spacial score (nSPS) is 15.1. The highest BCUT2D eigenvalue weighted by Gasteiger charge is 2.38. The fraction of sp³-hybridized carbons (Fsp3) is 0.263. The van der Waals surface area contributed by atoms with Crippen molar-refractivity contribution in [3.05, 3.63) is 59.4 Å². The van der Waals surface area contributed by atoms with Crippen molar-refractivity contribution in [1.82, 2.24) is 0 Å². The van der Waals surface area contributed by atoms with Gasteiger partial charge in [-0.25, -0.2) is 18.0 Å². The first-order valence-electron chi connectivity index (χ1n) is 8.22. The lowest BCUT2D eigenvalue weighted by Crippen LogP contribution is -2.54. The van der Waals surface area contributed by atoms with Gasteiger partial charge >= 0.3 is 5.97 Å². The molecular weight excluding hydrogens is 361 g/mol. The molecule has 1 aliphatic heterocycles. The number of esters is 1. The first-order valence-corrected chi connectivity index (χ1v) is 8.22. The third-order valence-corrected chi connectivity index (χ3v) is 4.22. The predicted molar refractivity (Wildman–Crippen MR) is 93.1 cm³/mol. The van der Waals surface area contributed by atoms with E-state index in [0.29, 0.717) is 11.8 Å². The standard InChI is InChI=1S/C19H17F3N2O3/c1-19(2)18(26)24(14-6-4-3-5-13(14)23-19)9-10-27-17(25)11-7-8-12(20)16(22)15(11)21/h3-8,23H,9-10H2,1-2H3. The Labute approximate surface area is 153 Å². The van der Waals surface area contributed by atoms with Crippen molar-refractivity contribution in [3.8, 4) is 0 Å². The van der Waals surface area contributed by atoms with Gasteiger partial charge in [0.2, 0.25) is 0 Å². The third-order valence-electron chi connectivity index (χ3n) is 4.22. The van der Waals surface area contributed by atoms with Crippen molar-refractivity contribution in [2.45, 2.75) is 19.4 Å². The predicted octanol–water partition coefficient (Wildman–Crippen LogP) is 3.50. The summed E-state index contributed by atoms with van der Waals surface area (Å²) in [4.78, 5) is 26.1. The molecule has 0 bridgehead atoms. The van der Waals surface area contributed by atoms with Crippen LogP contribution in [0.3, 0.4) is 0 Å². The van der Waals surface area contributed by atoms with Crippen molar-refractivity contribution in [3.63, 3.8) is 0 Å². The highest BCUT2D eigenvalue weighted by atomic mass is 19.2. The van der Waals surface area contributed by atoms with Crippen LogP contribution in [0.1, 0.15) is 24.2 Å². The van der Waals surface area contributed by atoms with Crippen LogP contribution in [-0.4, -0.2) is 30.6 Å². The lowest BCUT2D eigenvalue weighted by atomic mass is 9.98. The Bertz CT molecular complexity index is 915. The van der Waals surface area contributed by atoms with E-state index in [0.717, 1.165) is 11.8 Å². The number of rotatable bonds is 4. The van der Waals surface area contributed by atoms with Gasteiger partial charge in [-0.2, -0.15) is 0 Å². The van der Waals surface area contributed by atoms with E-state index in [1.165, 1.54) is 4.90 Å². The minimum atomic E-state index is -1.74. The van der Waals surface area contributed by atoms with Crippen molar-refractivity contribution in [2.24, 2.45) is 0 Å². The van der Waals surface area contributed by atoms with Crippen LogP contribution in [0.4, 0.5) is 24.5 Å². The molecule has 2 aromatic carbocycles. The van der Waals surface area contributed by atoms with E-state index in [1.54, 1.807) is 26.0 Å². The number of halogens is 3.